The molecule has 138 valence electrons. The predicted octanol–water partition coefficient (Wildman–Crippen LogP) is 7.06. The van der Waals surface area contributed by atoms with Gasteiger partial charge in [-0.25, -0.2) is 0 Å². The van der Waals surface area contributed by atoms with Crippen LogP contribution in [0.5, 0.6) is 5.75 Å². The molecule has 0 aliphatic carbocycles. The van der Waals surface area contributed by atoms with E-state index in [2.05, 4.69) is 45.9 Å². The van der Waals surface area contributed by atoms with Gasteiger partial charge in [-0.3, -0.25) is 4.99 Å². The minimum absolute atomic E-state index is 0.244. The second kappa shape index (κ2) is 8.22. The van der Waals surface area contributed by atoms with Gasteiger partial charge >= 0.3 is 0 Å². The lowest BCUT2D eigenvalue weighted by Crippen LogP contribution is -1.96. The summed E-state index contributed by atoms with van der Waals surface area (Å²) in [5.74, 6) is 1.01. The lowest BCUT2D eigenvalue weighted by atomic mass is 9.93. The Morgan fingerprint density at radius 3 is 1.93 bits per heavy atom. The Bertz CT molecular complexity index is 914. The van der Waals surface area contributed by atoms with Gasteiger partial charge in [0.05, 0.1) is 5.69 Å². The Hall–Kier alpha value is -2.87. The monoisotopic (exact) mass is 357 g/mol. The smallest absolute Gasteiger partial charge is 0.124 e. The molecule has 0 amide bonds. The summed E-state index contributed by atoms with van der Waals surface area (Å²) in [4.78, 5) is 4.88. The maximum Gasteiger partial charge on any atom is 0.124 e. The molecular weight excluding hydrogens is 330 g/mol. The topological polar surface area (TPSA) is 32.6 Å². The van der Waals surface area contributed by atoms with Crippen molar-refractivity contribution < 1.29 is 5.11 Å². The van der Waals surface area contributed by atoms with Crippen LogP contribution < -0.4 is 0 Å². The highest BCUT2D eigenvalue weighted by molar-refractivity contribution is 5.95. The molecule has 0 heterocycles. The fourth-order valence-electron chi connectivity index (χ4n) is 3.35. The minimum atomic E-state index is 0.244. The van der Waals surface area contributed by atoms with Gasteiger partial charge in [-0.1, -0.05) is 88.4 Å². The van der Waals surface area contributed by atoms with Crippen LogP contribution in [-0.4, -0.2) is 11.3 Å². The number of phenolic OH excluding ortho intramolecular Hbond substituents is 1. The first-order chi connectivity index (χ1) is 13.0. The Kier molecular flexibility index (Phi) is 5.75. The lowest BCUT2D eigenvalue weighted by Gasteiger charge is -2.16. The van der Waals surface area contributed by atoms with Gasteiger partial charge < -0.3 is 5.11 Å². The van der Waals surface area contributed by atoms with Crippen molar-refractivity contribution in [3.05, 3.63) is 83.4 Å². The first-order valence-electron chi connectivity index (χ1n) is 9.53. The van der Waals surface area contributed by atoms with E-state index in [4.69, 9.17) is 4.99 Å². The molecule has 3 aromatic rings. The fourth-order valence-corrected chi connectivity index (χ4v) is 3.35. The maximum absolute atomic E-state index is 10.5. The zero-order valence-electron chi connectivity index (χ0n) is 16.5. The number of hydrogen-bond acceptors (Lipinski definition) is 2. The normalized spacial score (nSPS) is 11.6. The average molecular weight is 357 g/mol. The maximum atomic E-state index is 10.5. The number of phenols is 1. The van der Waals surface area contributed by atoms with E-state index >= 15 is 0 Å². The first-order valence-corrected chi connectivity index (χ1v) is 9.53. The molecule has 0 spiro atoms. The average Bonchev–Trinajstić information content (AvgIpc) is 2.67. The van der Waals surface area contributed by atoms with Gasteiger partial charge in [0.25, 0.3) is 0 Å². The van der Waals surface area contributed by atoms with Crippen molar-refractivity contribution in [2.45, 2.75) is 39.5 Å². The molecule has 0 radical (unpaired) electrons. The molecule has 0 saturated carbocycles. The van der Waals surface area contributed by atoms with Gasteiger partial charge in [0.15, 0.2) is 0 Å². The van der Waals surface area contributed by atoms with Gasteiger partial charge in [0.1, 0.15) is 5.75 Å². The number of aromatic hydroxyl groups is 1. The van der Waals surface area contributed by atoms with E-state index in [1.807, 2.05) is 48.7 Å². The summed E-state index contributed by atoms with van der Waals surface area (Å²) in [5, 5.41) is 10.5. The Morgan fingerprint density at radius 1 is 0.741 bits per heavy atom. The van der Waals surface area contributed by atoms with Crippen molar-refractivity contribution in [2.75, 3.05) is 0 Å². The Labute approximate surface area is 162 Å². The molecule has 0 saturated heterocycles. The molecule has 0 aliphatic heterocycles. The van der Waals surface area contributed by atoms with E-state index in [9.17, 15) is 5.11 Å². The van der Waals surface area contributed by atoms with Crippen molar-refractivity contribution in [1.82, 2.24) is 0 Å². The van der Waals surface area contributed by atoms with Crippen LogP contribution in [0.25, 0.3) is 11.1 Å². The van der Waals surface area contributed by atoms with Crippen molar-refractivity contribution in [3.63, 3.8) is 0 Å². The van der Waals surface area contributed by atoms with Gasteiger partial charge in [-0.05, 0) is 40.2 Å². The summed E-state index contributed by atoms with van der Waals surface area (Å²) in [5.41, 5.74) is 6.27. The highest BCUT2D eigenvalue weighted by Gasteiger charge is 2.14. The molecule has 1 N–H and O–H groups in total. The predicted molar refractivity (Wildman–Crippen MR) is 115 cm³/mol. The highest BCUT2D eigenvalue weighted by Crippen LogP contribution is 2.35. The van der Waals surface area contributed by atoms with Crippen molar-refractivity contribution in [2.24, 2.45) is 4.99 Å². The van der Waals surface area contributed by atoms with Gasteiger partial charge in [0, 0.05) is 11.8 Å². The van der Waals surface area contributed by atoms with Crippen LogP contribution in [0.15, 0.2) is 71.7 Å². The van der Waals surface area contributed by atoms with E-state index in [1.54, 1.807) is 6.07 Å². The number of rotatable bonds is 5. The Balaban J connectivity index is 2.13. The highest BCUT2D eigenvalue weighted by atomic mass is 16.3. The van der Waals surface area contributed by atoms with Crippen LogP contribution in [0.2, 0.25) is 0 Å². The minimum Gasteiger partial charge on any atom is -0.507 e. The molecule has 0 aromatic heterocycles. The van der Waals surface area contributed by atoms with Crippen molar-refractivity contribution >= 4 is 11.9 Å². The largest absolute Gasteiger partial charge is 0.507 e. The Morgan fingerprint density at radius 2 is 1.33 bits per heavy atom. The first kappa shape index (κ1) is 18.9. The quantitative estimate of drug-likeness (QED) is 0.487. The molecule has 0 bridgehead atoms. The van der Waals surface area contributed by atoms with E-state index in [1.165, 1.54) is 11.1 Å². The SMILES string of the molecule is CC(C)c1cccc(C(C)C)c1N=Cc1c(O)cccc1-c1ccccc1. The third-order valence-electron chi connectivity index (χ3n) is 4.83. The summed E-state index contributed by atoms with van der Waals surface area (Å²) in [6.45, 7) is 8.75. The van der Waals surface area contributed by atoms with Crippen molar-refractivity contribution in [3.8, 4) is 16.9 Å². The molecule has 0 unspecified atom stereocenters. The molecule has 0 atom stereocenters. The molecule has 27 heavy (non-hydrogen) atoms. The van der Waals surface area contributed by atoms with Crippen LogP contribution in [0.4, 0.5) is 5.69 Å². The zero-order valence-corrected chi connectivity index (χ0v) is 16.5. The number of benzene rings is 3. The van der Waals surface area contributed by atoms with Gasteiger partial charge in [-0.2, -0.15) is 0 Å². The second-order valence-corrected chi connectivity index (χ2v) is 7.46. The number of hydrogen-bond donors (Lipinski definition) is 1. The second-order valence-electron chi connectivity index (χ2n) is 7.46. The summed E-state index contributed by atoms with van der Waals surface area (Å²) in [6, 6.07) is 22.1. The molecule has 3 aromatic carbocycles. The van der Waals surface area contributed by atoms with E-state index in [-0.39, 0.29) is 5.75 Å². The van der Waals surface area contributed by atoms with Crippen molar-refractivity contribution in [1.29, 1.82) is 0 Å². The van der Waals surface area contributed by atoms with Gasteiger partial charge in [0.2, 0.25) is 0 Å². The summed E-state index contributed by atoms with van der Waals surface area (Å²) in [6.07, 6.45) is 1.81. The van der Waals surface area contributed by atoms with Crippen LogP contribution >= 0.6 is 0 Å². The molecular formula is C25H27NO. The standard InChI is InChI=1S/C25H27NO/c1-17(2)20-12-8-13-21(18(3)4)25(20)26-16-23-22(14-9-15-24(23)27)19-10-6-5-7-11-19/h5-18,27H,1-4H3. The summed E-state index contributed by atoms with van der Waals surface area (Å²) < 4.78 is 0. The lowest BCUT2D eigenvalue weighted by molar-refractivity contribution is 0.475. The third-order valence-corrected chi connectivity index (χ3v) is 4.83. The van der Waals surface area contributed by atoms with E-state index < -0.39 is 0 Å². The number of para-hydroxylation sites is 1. The van der Waals surface area contributed by atoms with E-state index in [0.717, 1.165) is 22.4 Å². The zero-order chi connectivity index (χ0) is 19.4. The van der Waals surface area contributed by atoms with Crippen LogP contribution in [0, 0.1) is 0 Å². The summed E-state index contributed by atoms with van der Waals surface area (Å²) >= 11 is 0. The molecule has 3 rings (SSSR count). The summed E-state index contributed by atoms with van der Waals surface area (Å²) in [7, 11) is 0. The van der Waals surface area contributed by atoms with E-state index in [0.29, 0.717) is 11.8 Å². The number of nitrogens with zero attached hydrogens (tertiary/aromatic N) is 1. The van der Waals surface area contributed by atoms with Crippen LogP contribution in [0.1, 0.15) is 56.2 Å². The molecule has 2 heteroatoms. The fraction of sp³-hybridized carbons (Fsp3) is 0.240. The van der Waals surface area contributed by atoms with Crippen LogP contribution in [0.3, 0.4) is 0 Å². The van der Waals surface area contributed by atoms with Gasteiger partial charge in [-0.15, -0.1) is 0 Å². The number of aliphatic imine (C=N–C) groups is 1. The molecule has 2 nitrogen and oxygen atoms in total. The molecule has 0 aliphatic rings. The van der Waals surface area contributed by atoms with Crippen LogP contribution in [-0.2, 0) is 0 Å². The third kappa shape index (κ3) is 4.11. The molecule has 0 fully saturated rings.